The molecule has 1 aliphatic heterocycles. The first-order valence-electron chi connectivity index (χ1n) is 10.5. The van der Waals surface area contributed by atoms with Gasteiger partial charge in [-0.2, -0.15) is 0 Å². The van der Waals surface area contributed by atoms with Crippen molar-refractivity contribution in [3.63, 3.8) is 0 Å². The largest absolute Gasteiger partial charge is 0.497 e. The second-order valence-corrected chi connectivity index (χ2v) is 7.37. The minimum atomic E-state index is -0.0119. The van der Waals surface area contributed by atoms with Gasteiger partial charge in [-0.1, -0.05) is 0 Å². The molecule has 4 rings (SSSR count). The van der Waals surface area contributed by atoms with Gasteiger partial charge in [0.15, 0.2) is 0 Å². The molecule has 2 aromatic carbocycles. The number of aromatic nitrogens is 1. The van der Waals surface area contributed by atoms with Gasteiger partial charge in [-0.25, -0.2) is 4.98 Å². The van der Waals surface area contributed by atoms with Crippen LogP contribution < -0.4 is 14.8 Å². The molecule has 0 radical (unpaired) electrons. The Morgan fingerprint density at radius 1 is 1.03 bits per heavy atom. The van der Waals surface area contributed by atoms with E-state index in [4.69, 9.17) is 9.47 Å². The van der Waals surface area contributed by atoms with Crippen molar-refractivity contribution in [2.24, 2.45) is 0 Å². The summed E-state index contributed by atoms with van der Waals surface area (Å²) >= 11 is 0. The van der Waals surface area contributed by atoms with Crippen molar-refractivity contribution in [2.45, 2.75) is 26.2 Å². The number of nitrogens with one attached hydrogen (secondary N) is 1. The Bertz CT molecular complexity index is 1030. The van der Waals surface area contributed by atoms with Crippen molar-refractivity contribution in [1.29, 1.82) is 0 Å². The summed E-state index contributed by atoms with van der Waals surface area (Å²) in [5.41, 5.74) is 2.95. The number of piperidine rings is 1. The first-order valence-corrected chi connectivity index (χ1v) is 10.5. The van der Waals surface area contributed by atoms with Gasteiger partial charge in [0.1, 0.15) is 17.2 Å². The number of ether oxygens (including phenoxy) is 2. The zero-order chi connectivity index (χ0) is 20.9. The van der Waals surface area contributed by atoms with Gasteiger partial charge < -0.3 is 19.7 Å². The van der Waals surface area contributed by atoms with Crippen LogP contribution >= 0.6 is 0 Å². The minimum absolute atomic E-state index is 0.0119. The molecule has 1 saturated heterocycles. The van der Waals surface area contributed by atoms with Crippen LogP contribution in [0.15, 0.2) is 48.5 Å². The molecule has 0 aliphatic carbocycles. The fraction of sp³-hybridized carbons (Fsp3) is 0.333. The number of likely N-dealkylation sites (tertiary alicyclic amines) is 1. The molecule has 1 aliphatic rings. The van der Waals surface area contributed by atoms with E-state index < -0.39 is 0 Å². The molecule has 1 amide bonds. The first kappa shape index (κ1) is 20.0. The fourth-order valence-electron chi connectivity index (χ4n) is 3.76. The molecule has 0 bridgehead atoms. The summed E-state index contributed by atoms with van der Waals surface area (Å²) in [5, 5.41) is 4.35. The van der Waals surface area contributed by atoms with Crippen LogP contribution in [0.4, 0.5) is 11.4 Å². The van der Waals surface area contributed by atoms with Gasteiger partial charge >= 0.3 is 0 Å². The van der Waals surface area contributed by atoms with Gasteiger partial charge in [-0.05, 0) is 74.7 Å². The SMILES string of the molecule is CCOc1ccc(Nc2cc(C(=O)N3CCCCC3)nc3ccc(OC)cc23)cc1. The van der Waals surface area contributed by atoms with Gasteiger partial charge in [0.25, 0.3) is 5.91 Å². The molecule has 30 heavy (non-hydrogen) atoms. The highest BCUT2D eigenvalue weighted by Crippen LogP contribution is 2.31. The third kappa shape index (κ3) is 4.32. The number of carbonyl (C=O) groups excluding carboxylic acids is 1. The van der Waals surface area contributed by atoms with Gasteiger partial charge in [0, 0.05) is 24.2 Å². The number of anilines is 2. The quantitative estimate of drug-likeness (QED) is 0.624. The zero-order valence-corrected chi connectivity index (χ0v) is 17.5. The second kappa shape index (κ2) is 9.03. The molecule has 0 saturated carbocycles. The Hall–Kier alpha value is -3.28. The lowest BCUT2D eigenvalue weighted by atomic mass is 10.1. The molecule has 6 nitrogen and oxygen atoms in total. The predicted molar refractivity (Wildman–Crippen MR) is 119 cm³/mol. The van der Waals surface area contributed by atoms with Crippen LogP contribution in [0, 0.1) is 0 Å². The summed E-state index contributed by atoms with van der Waals surface area (Å²) in [5.74, 6) is 1.56. The smallest absolute Gasteiger partial charge is 0.272 e. The van der Waals surface area contributed by atoms with Gasteiger partial charge in [-0.15, -0.1) is 0 Å². The lowest BCUT2D eigenvalue weighted by molar-refractivity contribution is 0.0719. The van der Waals surface area contributed by atoms with Crippen LogP contribution in [-0.4, -0.2) is 42.6 Å². The highest BCUT2D eigenvalue weighted by Gasteiger charge is 2.21. The highest BCUT2D eigenvalue weighted by molar-refractivity contribution is 6.01. The van der Waals surface area contributed by atoms with E-state index in [1.807, 2.05) is 60.4 Å². The van der Waals surface area contributed by atoms with Crippen LogP contribution in [0.1, 0.15) is 36.7 Å². The standard InChI is InChI=1S/C24H27N3O3/c1-3-30-18-9-7-17(8-10-18)25-22-16-23(24(28)27-13-5-4-6-14-27)26-21-12-11-19(29-2)15-20(21)22/h7-12,15-16H,3-6,13-14H2,1-2H3,(H,25,26). The number of hydrogen-bond acceptors (Lipinski definition) is 5. The molecule has 0 atom stereocenters. The zero-order valence-electron chi connectivity index (χ0n) is 17.5. The third-order valence-electron chi connectivity index (χ3n) is 5.32. The highest BCUT2D eigenvalue weighted by atomic mass is 16.5. The van der Waals surface area contributed by atoms with Gasteiger partial charge in [0.05, 0.1) is 24.9 Å². The van der Waals surface area contributed by atoms with Crippen molar-refractivity contribution in [3.8, 4) is 11.5 Å². The normalized spacial score (nSPS) is 13.9. The number of rotatable bonds is 6. The summed E-state index contributed by atoms with van der Waals surface area (Å²) in [6.45, 7) is 4.18. The van der Waals surface area contributed by atoms with E-state index in [1.165, 1.54) is 6.42 Å². The molecule has 0 spiro atoms. The summed E-state index contributed by atoms with van der Waals surface area (Å²) in [7, 11) is 1.64. The fourth-order valence-corrected chi connectivity index (χ4v) is 3.76. The molecule has 156 valence electrons. The maximum atomic E-state index is 13.1. The van der Waals surface area contributed by atoms with Crippen molar-refractivity contribution < 1.29 is 14.3 Å². The predicted octanol–water partition coefficient (Wildman–Crippen LogP) is 5.01. The van der Waals surface area contributed by atoms with E-state index in [1.54, 1.807) is 7.11 Å². The molecule has 1 fully saturated rings. The number of pyridine rings is 1. The van der Waals surface area contributed by atoms with Crippen molar-refractivity contribution in [2.75, 3.05) is 32.1 Å². The maximum absolute atomic E-state index is 13.1. The number of benzene rings is 2. The van der Waals surface area contributed by atoms with Gasteiger partial charge in [-0.3, -0.25) is 4.79 Å². The Kier molecular flexibility index (Phi) is 6.02. The van der Waals surface area contributed by atoms with Crippen molar-refractivity contribution in [3.05, 3.63) is 54.2 Å². The van der Waals surface area contributed by atoms with Crippen molar-refractivity contribution in [1.82, 2.24) is 9.88 Å². The molecule has 0 unspecified atom stereocenters. The lowest BCUT2D eigenvalue weighted by Crippen LogP contribution is -2.36. The van der Waals surface area contributed by atoms with Gasteiger partial charge in [0.2, 0.25) is 0 Å². The Labute approximate surface area is 176 Å². The summed E-state index contributed by atoms with van der Waals surface area (Å²) in [6, 6.07) is 15.3. The number of carbonyl (C=O) groups is 1. The Morgan fingerprint density at radius 2 is 1.77 bits per heavy atom. The van der Waals surface area contributed by atoms with Crippen LogP contribution in [0.25, 0.3) is 10.9 Å². The average molecular weight is 405 g/mol. The summed E-state index contributed by atoms with van der Waals surface area (Å²) in [4.78, 5) is 19.6. The van der Waals surface area contributed by atoms with E-state index in [0.717, 1.165) is 59.7 Å². The lowest BCUT2D eigenvalue weighted by Gasteiger charge is -2.26. The van der Waals surface area contributed by atoms with E-state index in [-0.39, 0.29) is 5.91 Å². The molecule has 1 N–H and O–H groups in total. The van der Waals surface area contributed by atoms with Crippen LogP contribution in [0.2, 0.25) is 0 Å². The average Bonchev–Trinajstić information content (AvgIpc) is 2.80. The van der Waals surface area contributed by atoms with E-state index >= 15 is 0 Å². The number of methoxy groups -OCH3 is 1. The molecule has 6 heteroatoms. The Balaban J connectivity index is 1.71. The third-order valence-corrected chi connectivity index (χ3v) is 5.32. The number of hydrogen-bond donors (Lipinski definition) is 1. The Morgan fingerprint density at radius 3 is 2.47 bits per heavy atom. The monoisotopic (exact) mass is 405 g/mol. The number of amides is 1. The number of nitrogens with zero attached hydrogens (tertiary/aromatic N) is 2. The van der Waals surface area contributed by atoms with Crippen molar-refractivity contribution >= 4 is 28.2 Å². The minimum Gasteiger partial charge on any atom is -0.497 e. The maximum Gasteiger partial charge on any atom is 0.272 e. The van der Waals surface area contributed by atoms with E-state index in [9.17, 15) is 4.79 Å². The van der Waals surface area contributed by atoms with E-state index in [2.05, 4.69) is 10.3 Å². The topological polar surface area (TPSA) is 63.7 Å². The number of fused-ring (bicyclic) bond motifs is 1. The van der Waals surface area contributed by atoms with Crippen LogP contribution in [0.3, 0.4) is 0 Å². The molecular formula is C24H27N3O3. The molecule has 3 aromatic rings. The molecular weight excluding hydrogens is 378 g/mol. The summed E-state index contributed by atoms with van der Waals surface area (Å²) < 4.78 is 10.9. The second-order valence-electron chi connectivity index (χ2n) is 7.37. The molecule has 1 aromatic heterocycles. The first-order chi connectivity index (χ1) is 14.7. The van der Waals surface area contributed by atoms with Crippen LogP contribution in [-0.2, 0) is 0 Å². The van der Waals surface area contributed by atoms with E-state index in [0.29, 0.717) is 12.3 Å². The van der Waals surface area contributed by atoms with Crippen LogP contribution in [0.5, 0.6) is 11.5 Å². The summed E-state index contributed by atoms with van der Waals surface area (Å²) in [6.07, 6.45) is 3.28. The molecule has 2 heterocycles.